The maximum absolute atomic E-state index is 5.52. The van der Waals surface area contributed by atoms with Crippen molar-refractivity contribution in [2.75, 3.05) is 0 Å². The minimum absolute atomic E-state index is 0.282. The Morgan fingerprint density at radius 3 is 2.29 bits per heavy atom. The monoisotopic (exact) mass is 228 g/mol. The molecule has 0 aliphatic heterocycles. The van der Waals surface area contributed by atoms with E-state index in [1.165, 1.54) is 43.2 Å². The first-order valence-electron chi connectivity index (χ1n) is 6.86. The van der Waals surface area contributed by atoms with Gasteiger partial charge >= 0.3 is 0 Å². The van der Waals surface area contributed by atoms with E-state index in [-0.39, 0.29) is 5.92 Å². The summed E-state index contributed by atoms with van der Waals surface area (Å²) < 4.78 is 0. The van der Waals surface area contributed by atoms with Crippen molar-refractivity contribution in [1.82, 2.24) is 0 Å². The highest BCUT2D eigenvalue weighted by molar-refractivity contribution is 5.29. The third-order valence-electron chi connectivity index (χ3n) is 3.31. The summed E-state index contributed by atoms with van der Waals surface area (Å²) in [7, 11) is 0. The molecule has 0 saturated heterocycles. The summed E-state index contributed by atoms with van der Waals surface area (Å²) in [6, 6.07) is 8.87. The first-order chi connectivity index (χ1) is 8.31. The van der Waals surface area contributed by atoms with E-state index < -0.39 is 0 Å². The Morgan fingerprint density at radius 2 is 1.76 bits per heavy atom. The molecule has 0 nitrogen and oxygen atoms in total. The third-order valence-corrected chi connectivity index (χ3v) is 3.31. The lowest BCUT2D eigenvalue weighted by Crippen LogP contribution is -1.94. The fourth-order valence-electron chi connectivity index (χ4n) is 2.12. The Labute approximate surface area is 106 Å². The van der Waals surface area contributed by atoms with Crippen LogP contribution in [0.2, 0.25) is 0 Å². The van der Waals surface area contributed by atoms with Crippen molar-refractivity contribution >= 4 is 0 Å². The zero-order valence-electron chi connectivity index (χ0n) is 11.2. The Bertz CT molecular complexity index is 339. The van der Waals surface area contributed by atoms with Crippen LogP contribution in [0.5, 0.6) is 0 Å². The average Bonchev–Trinajstić information content (AvgIpc) is 2.38. The SMILES string of the molecule is C#CC(CC)c1ccc(CCCCCC)cc1. The Balaban J connectivity index is 2.48. The predicted octanol–water partition coefficient (Wildman–Crippen LogP) is 4.94. The van der Waals surface area contributed by atoms with Crippen LogP contribution in [0, 0.1) is 12.3 Å². The smallest absolute Gasteiger partial charge is 0.0447 e. The molecule has 0 N–H and O–H groups in total. The van der Waals surface area contributed by atoms with Crippen molar-refractivity contribution in [1.29, 1.82) is 0 Å². The highest BCUT2D eigenvalue weighted by Crippen LogP contribution is 2.19. The number of terminal acetylenes is 1. The first kappa shape index (κ1) is 13.8. The van der Waals surface area contributed by atoms with Gasteiger partial charge in [-0.15, -0.1) is 6.42 Å². The molecule has 0 fully saturated rings. The minimum Gasteiger partial charge on any atom is -0.119 e. The van der Waals surface area contributed by atoms with Crippen molar-refractivity contribution < 1.29 is 0 Å². The highest BCUT2D eigenvalue weighted by Gasteiger charge is 2.04. The fourth-order valence-corrected chi connectivity index (χ4v) is 2.12. The molecule has 1 aromatic carbocycles. The second-order valence-electron chi connectivity index (χ2n) is 4.68. The van der Waals surface area contributed by atoms with Gasteiger partial charge in [0.15, 0.2) is 0 Å². The number of hydrogen-bond donors (Lipinski definition) is 0. The van der Waals surface area contributed by atoms with Gasteiger partial charge in [-0.25, -0.2) is 0 Å². The molecule has 1 atom stereocenters. The van der Waals surface area contributed by atoms with Crippen LogP contribution in [0.25, 0.3) is 0 Å². The van der Waals surface area contributed by atoms with Crippen LogP contribution in [0.1, 0.15) is 63.0 Å². The molecular formula is C17H24. The molecule has 0 spiro atoms. The largest absolute Gasteiger partial charge is 0.119 e. The standard InChI is InChI=1S/C17H24/c1-4-7-8-9-10-15-11-13-17(14-12-15)16(5-2)6-3/h2,11-14,16H,4,6-10H2,1,3H3. The van der Waals surface area contributed by atoms with E-state index >= 15 is 0 Å². The van der Waals surface area contributed by atoms with Crippen LogP contribution in [0.4, 0.5) is 0 Å². The van der Waals surface area contributed by atoms with E-state index in [0.717, 1.165) is 6.42 Å². The summed E-state index contributed by atoms with van der Waals surface area (Å²) in [6.07, 6.45) is 13.1. The van der Waals surface area contributed by atoms with Gasteiger partial charge in [-0.05, 0) is 30.4 Å². The van der Waals surface area contributed by atoms with Crippen molar-refractivity contribution in [3.8, 4) is 12.3 Å². The molecule has 1 rings (SSSR count). The maximum atomic E-state index is 5.52. The third kappa shape index (κ3) is 4.65. The van der Waals surface area contributed by atoms with Gasteiger partial charge in [0.25, 0.3) is 0 Å². The molecule has 1 aromatic rings. The van der Waals surface area contributed by atoms with E-state index in [4.69, 9.17) is 6.42 Å². The molecule has 0 aliphatic carbocycles. The second kappa shape index (κ2) is 7.96. The van der Waals surface area contributed by atoms with E-state index in [0.29, 0.717) is 0 Å². The van der Waals surface area contributed by atoms with Gasteiger partial charge in [0.1, 0.15) is 0 Å². The number of benzene rings is 1. The normalized spacial score (nSPS) is 12.1. The summed E-state index contributed by atoms with van der Waals surface area (Å²) in [5, 5.41) is 0. The van der Waals surface area contributed by atoms with Crippen LogP contribution in [0.15, 0.2) is 24.3 Å². The quantitative estimate of drug-likeness (QED) is 0.458. The molecule has 0 heteroatoms. The molecule has 0 aliphatic rings. The van der Waals surface area contributed by atoms with Gasteiger partial charge in [-0.3, -0.25) is 0 Å². The number of aryl methyl sites for hydroxylation is 1. The van der Waals surface area contributed by atoms with Gasteiger partial charge in [0.05, 0.1) is 0 Å². The molecule has 0 heterocycles. The Hall–Kier alpha value is -1.22. The van der Waals surface area contributed by atoms with Crippen LogP contribution >= 0.6 is 0 Å². The summed E-state index contributed by atoms with van der Waals surface area (Å²) in [4.78, 5) is 0. The molecule has 92 valence electrons. The Kier molecular flexibility index (Phi) is 6.48. The first-order valence-corrected chi connectivity index (χ1v) is 6.86. The van der Waals surface area contributed by atoms with Crippen molar-refractivity contribution in [2.24, 2.45) is 0 Å². The lowest BCUT2D eigenvalue weighted by atomic mass is 9.95. The topological polar surface area (TPSA) is 0 Å². The summed E-state index contributed by atoms with van der Waals surface area (Å²) in [5.41, 5.74) is 2.73. The predicted molar refractivity (Wildman–Crippen MR) is 76.2 cm³/mol. The number of unbranched alkanes of at least 4 members (excludes halogenated alkanes) is 3. The lowest BCUT2D eigenvalue weighted by molar-refractivity contribution is 0.666. The minimum atomic E-state index is 0.282. The van der Waals surface area contributed by atoms with E-state index in [1.54, 1.807) is 0 Å². The molecular weight excluding hydrogens is 204 g/mol. The van der Waals surface area contributed by atoms with Gasteiger partial charge in [-0.2, -0.15) is 0 Å². The molecule has 0 bridgehead atoms. The van der Waals surface area contributed by atoms with Crippen LogP contribution < -0.4 is 0 Å². The lowest BCUT2D eigenvalue weighted by Gasteiger charge is -2.09. The van der Waals surface area contributed by atoms with E-state index in [1.807, 2.05) is 0 Å². The number of hydrogen-bond acceptors (Lipinski definition) is 0. The van der Waals surface area contributed by atoms with Crippen LogP contribution in [-0.2, 0) is 6.42 Å². The Morgan fingerprint density at radius 1 is 1.06 bits per heavy atom. The van der Waals surface area contributed by atoms with Crippen LogP contribution in [0.3, 0.4) is 0 Å². The molecule has 0 saturated carbocycles. The van der Waals surface area contributed by atoms with Crippen LogP contribution in [-0.4, -0.2) is 0 Å². The van der Waals surface area contributed by atoms with Gasteiger partial charge in [0.2, 0.25) is 0 Å². The van der Waals surface area contributed by atoms with Crippen molar-refractivity contribution in [2.45, 2.75) is 58.3 Å². The van der Waals surface area contributed by atoms with Gasteiger partial charge in [-0.1, -0.05) is 63.3 Å². The molecule has 17 heavy (non-hydrogen) atoms. The van der Waals surface area contributed by atoms with E-state index in [2.05, 4.69) is 44.0 Å². The fraction of sp³-hybridized carbons (Fsp3) is 0.529. The highest BCUT2D eigenvalue weighted by atomic mass is 14.1. The summed E-state index contributed by atoms with van der Waals surface area (Å²) in [6.45, 7) is 4.39. The van der Waals surface area contributed by atoms with Gasteiger partial charge < -0.3 is 0 Å². The van der Waals surface area contributed by atoms with Crippen molar-refractivity contribution in [3.05, 3.63) is 35.4 Å². The average molecular weight is 228 g/mol. The molecule has 0 amide bonds. The molecule has 0 aromatic heterocycles. The van der Waals surface area contributed by atoms with Crippen molar-refractivity contribution in [3.63, 3.8) is 0 Å². The number of rotatable bonds is 7. The van der Waals surface area contributed by atoms with Gasteiger partial charge in [0, 0.05) is 5.92 Å². The molecule has 1 unspecified atom stereocenters. The molecule has 0 radical (unpaired) electrons. The summed E-state index contributed by atoms with van der Waals surface area (Å²) >= 11 is 0. The zero-order chi connectivity index (χ0) is 12.5. The maximum Gasteiger partial charge on any atom is 0.0447 e. The zero-order valence-corrected chi connectivity index (χ0v) is 11.2. The second-order valence-corrected chi connectivity index (χ2v) is 4.68. The summed E-state index contributed by atoms with van der Waals surface area (Å²) in [5.74, 6) is 3.13. The van der Waals surface area contributed by atoms with E-state index in [9.17, 15) is 0 Å².